The van der Waals surface area contributed by atoms with Crippen LogP contribution >= 0.6 is 0 Å². The van der Waals surface area contributed by atoms with Crippen LogP contribution in [0.3, 0.4) is 0 Å². The largest absolute Gasteiger partial charge is 0.310 e. The van der Waals surface area contributed by atoms with Crippen molar-refractivity contribution in [3.8, 4) is 0 Å². The molecule has 1 aliphatic carbocycles. The predicted molar refractivity (Wildman–Crippen MR) is 217 cm³/mol. The number of hydrogen-bond donors (Lipinski definition) is 0. The summed E-state index contributed by atoms with van der Waals surface area (Å²) in [6.07, 6.45) is 4.55. The topological polar surface area (TPSA) is 3.24 Å². The molecule has 50 heavy (non-hydrogen) atoms. The third-order valence-electron chi connectivity index (χ3n) is 10.8. The summed E-state index contributed by atoms with van der Waals surface area (Å²) in [4.78, 5) is 2.35. The number of anilines is 3. The van der Waals surface area contributed by atoms with E-state index in [1.165, 1.54) is 70.9 Å². The van der Waals surface area contributed by atoms with Crippen molar-refractivity contribution < 1.29 is 0 Å². The van der Waals surface area contributed by atoms with Gasteiger partial charge >= 0.3 is 0 Å². The minimum atomic E-state index is -0.0492. The Balaban J connectivity index is 1.06. The van der Waals surface area contributed by atoms with Crippen molar-refractivity contribution in [2.75, 3.05) is 4.90 Å². The fourth-order valence-electron chi connectivity index (χ4n) is 8.04. The minimum absolute atomic E-state index is 0.0492. The Hall–Kier alpha value is -5.66. The molecule has 0 N–H and O–H groups in total. The van der Waals surface area contributed by atoms with E-state index < -0.39 is 0 Å². The second kappa shape index (κ2) is 11.2. The second-order valence-electron chi connectivity index (χ2n) is 15.6. The molecule has 0 atom stereocenters. The Labute approximate surface area is 295 Å². The first kappa shape index (κ1) is 30.4. The molecule has 8 aromatic rings. The van der Waals surface area contributed by atoms with Crippen LogP contribution in [-0.2, 0) is 10.8 Å². The van der Waals surface area contributed by atoms with Crippen LogP contribution in [0.25, 0.3) is 55.2 Å². The Kier molecular flexibility index (Phi) is 6.80. The Morgan fingerprint density at radius 1 is 0.440 bits per heavy atom. The van der Waals surface area contributed by atoms with Crippen molar-refractivity contribution in [2.24, 2.45) is 0 Å². The molecule has 1 heteroatoms. The van der Waals surface area contributed by atoms with Crippen molar-refractivity contribution >= 4 is 72.3 Å². The quantitative estimate of drug-likeness (QED) is 0.133. The molecule has 8 aromatic carbocycles. The van der Waals surface area contributed by atoms with Crippen LogP contribution in [0.5, 0.6) is 0 Å². The third kappa shape index (κ3) is 5.00. The summed E-state index contributed by atoms with van der Waals surface area (Å²) in [6.45, 7) is 11.7. The second-order valence-corrected chi connectivity index (χ2v) is 15.6. The highest BCUT2D eigenvalue weighted by atomic mass is 15.1. The molecule has 0 aliphatic heterocycles. The van der Waals surface area contributed by atoms with Gasteiger partial charge < -0.3 is 4.90 Å². The lowest BCUT2D eigenvalue weighted by molar-refractivity contribution is 0.586. The van der Waals surface area contributed by atoms with Crippen LogP contribution in [-0.4, -0.2) is 0 Å². The Morgan fingerprint density at radius 3 is 1.68 bits per heavy atom. The van der Waals surface area contributed by atoms with Crippen LogP contribution in [0.4, 0.5) is 17.1 Å². The van der Waals surface area contributed by atoms with Gasteiger partial charge in [-0.15, -0.1) is 0 Å². The van der Waals surface area contributed by atoms with Gasteiger partial charge in [0.1, 0.15) is 0 Å². The molecule has 0 amide bonds. The molecule has 0 aromatic heterocycles. The highest BCUT2D eigenvalue weighted by molar-refractivity contribution is 6.15. The number of nitrogens with zero attached hydrogens (tertiary/aromatic N) is 1. The maximum atomic E-state index is 2.47. The van der Waals surface area contributed by atoms with E-state index >= 15 is 0 Å². The fraction of sp³-hybridized carbons (Fsp3) is 0.143. The number of hydrogen-bond acceptors (Lipinski definition) is 1. The lowest BCUT2D eigenvalue weighted by Crippen LogP contribution is -2.18. The first-order valence-electron chi connectivity index (χ1n) is 17.8. The lowest BCUT2D eigenvalue weighted by Gasteiger charge is -2.26. The van der Waals surface area contributed by atoms with Gasteiger partial charge in [-0.25, -0.2) is 0 Å². The van der Waals surface area contributed by atoms with E-state index in [0.29, 0.717) is 0 Å². The molecule has 0 bridgehead atoms. The molecule has 0 spiro atoms. The van der Waals surface area contributed by atoms with E-state index in [2.05, 4.69) is 197 Å². The van der Waals surface area contributed by atoms with Gasteiger partial charge in [0.05, 0.1) is 0 Å². The predicted octanol–water partition coefficient (Wildman–Crippen LogP) is 13.9. The maximum absolute atomic E-state index is 2.47. The molecule has 0 radical (unpaired) electrons. The summed E-state index contributed by atoms with van der Waals surface area (Å²) in [5.41, 5.74) is 10.2. The lowest BCUT2D eigenvalue weighted by atomic mass is 9.78. The van der Waals surface area contributed by atoms with Crippen LogP contribution in [0.15, 0.2) is 146 Å². The molecule has 0 saturated carbocycles. The number of para-hydroxylation sites is 1. The van der Waals surface area contributed by atoms with Gasteiger partial charge in [-0.2, -0.15) is 0 Å². The highest BCUT2D eigenvalue weighted by Gasteiger charge is 2.35. The molecule has 0 heterocycles. The molecule has 0 saturated heterocycles. The summed E-state index contributed by atoms with van der Waals surface area (Å²) in [7, 11) is 0. The van der Waals surface area contributed by atoms with Crippen molar-refractivity contribution in [1.82, 2.24) is 0 Å². The highest BCUT2D eigenvalue weighted by Crippen LogP contribution is 2.50. The fourth-order valence-corrected chi connectivity index (χ4v) is 8.04. The molecule has 1 nitrogen and oxygen atoms in total. The average Bonchev–Trinajstić information content (AvgIpc) is 3.36. The standard InChI is InChI=1S/C49H41N/c1-48(2,3)40-28-39-20-19-38-26-33(27-44-46(38)47(39)45(31-40)49(44,4)5)16-15-32-17-18-37-30-43(24-22-36(37)25-32)50(41-13-7-6-8-14-41)42-23-21-34-11-9-10-12-35(34)29-42/h6-31H,1-5H3. The summed E-state index contributed by atoms with van der Waals surface area (Å²) in [6, 6.07) is 53.8. The number of rotatable bonds is 5. The van der Waals surface area contributed by atoms with E-state index in [1.807, 2.05) is 0 Å². The first-order valence-corrected chi connectivity index (χ1v) is 17.8. The zero-order chi connectivity index (χ0) is 34.2. The molecule has 9 rings (SSSR count). The number of benzene rings is 8. The van der Waals surface area contributed by atoms with Crippen LogP contribution in [0.1, 0.15) is 62.4 Å². The Morgan fingerprint density at radius 2 is 0.960 bits per heavy atom. The minimum Gasteiger partial charge on any atom is -0.310 e. The SMILES string of the molecule is CC(C)(C)c1cc2c3c(ccc4cc(C=Cc5ccc6cc(N(c7ccccc7)c7ccc8ccccc8c7)ccc6c5)cc(c43)C2(C)C)c1. The van der Waals surface area contributed by atoms with Gasteiger partial charge in [-0.1, -0.05) is 144 Å². The van der Waals surface area contributed by atoms with Crippen LogP contribution in [0.2, 0.25) is 0 Å². The van der Waals surface area contributed by atoms with Gasteiger partial charge in [0.15, 0.2) is 0 Å². The van der Waals surface area contributed by atoms with Gasteiger partial charge in [-0.3, -0.25) is 0 Å². The smallest absolute Gasteiger partial charge is 0.0468 e. The molecular formula is C49H41N. The van der Waals surface area contributed by atoms with E-state index in [-0.39, 0.29) is 10.8 Å². The first-order chi connectivity index (χ1) is 24.1. The van der Waals surface area contributed by atoms with E-state index in [9.17, 15) is 0 Å². The summed E-state index contributed by atoms with van der Waals surface area (Å²) in [5.74, 6) is 0. The van der Waals surface area contributed by atoms with E-state index in [0.717, 1.165) is 17.1 Å². The number of fused-ring (bicyclic) bond motifs is 2. The maximum Gasteiger partial charge on any atom is 0.0468 e. The molecule has 0 fully saturated rings. The van der Waals surface area contributed by atoms with Gasteiger partial charge in [0, 0.05) is 22.5 Å². The van der Waals surface area contributed by atoms with Crippen molar-refractivity contribution in [2.45, 2.75) is 45.4 Å². The summed E-state index contributed by atoms with van der Waals surface area (Å²) >= 11 is 0. The molecule has 242 valence electrons. The van der Waals surface area contributed by atoms with Crippen LogP contribution in [0, 0.1) is 0 Å². The van der Waals surface area contributed by atoms with Gasteiger partial charge in [0.2, 0.25) is 0 Å². The van der Waals surface area contributed by atoms with Gasteiger partial charge in [0.25, 0.3) is 0 Å². The molecule has 0 unspecified atom stereocenters. The zero-order valence-electron chi connectivity index (χ0n) is 29.5. The van der Waals surface area contributed by atoms with Crippen molar-refractivity contribution in [1.29, 1.82) is 0 Å². The van der Waals surface area contributed by atoms with E-state index in [4.69, 9.17) is 0 Å². The van der Waals surface area contributed by atoms with Crippen molar-refractivity contribution in [3.05, 3.63) is 173 Å². The van der Waals surface area contributed by atoms with Crippen molar-refractivity contribution in [3.63, 3.8) is 0 Å². The Bertz CT molecular complexity index is 2650. The average molecular weight is 644 g/mol. The molecule has 1 aliphatic rings. The summed E-state index contributed by atoms with van der Waals surface area (Å²) < 4.78 is 0. The molecular weight excluding hydrogens is 603 g/mol. The van der Waals surface area contributed by atoms with Crippen LogP contribution < -0.4 is 4.90 Å². The normalized spacial score (nSPS) is 13.8. The monoisotopic (exact) mass is 643 g/mol. The van der Waals surface area contributed by atoms with E-state index in [1.54, 1.807) is 0 Å². The summed E-state index contributed by atoms with van der Waals surface area (Å²) in [5, 5.41) is 10.5. The zero-order valence-corrected chi connectivity index (χ0v) is 29.5. The van der Waals surface area contributed by atoms with Gasteiger partial charge in [-0.05, 0) is 125 Å². The third-order valence-corrected chi connectivity index (χ3v) is 10.8.